The van der Waals surface area contributed by atoms with Gasteiger partial charge in [0.05, 0.1) is 10.9 Å². The van der Waals surface area contributed by atoms with E-state index in [1.165, 1.54) is 23.5 Å². The molecule has 1 atom stereocenters. The zero-order valence-corrected chi connectivity index (χ0v) is 13.5. The SMILES string of the molecule is CC(c1nnc(-c2cccs2)o1)N(C)Cc1ccc(F)cc1F. The summed E-state index contributed by atoms with van der Waals surface area (Å²) in [6, 6.07) is 7.20. The van der Waals surface area contributed by atoms with Gasteiger partial charge >= 0.3 is 0 Å². The number of hydrogen-bond donors (Lipinski definition) is 0. The maximum Gasteiger partial charge on any atom is 0.257 e. The summed E-state index contributed by atoms with van der Waals surface area (Å²) in [5, 5.41) is 10.0. The number of nitrogens with zero attached hydrogens (tertiary/aromatic N) is 3. The van der Waals surface area contributed by atoms with Crippen LogP contribution in [0.4, 0.5) is 8.78 Å². The minimum atomic E-state index is -0.584. The summed E-state index contributed by atoms with van der Waals surface area (Å²) in [6.45, 7) is 2.21. The molecular formula is C16H15F2N3OS. The van der Waals surface area contributed by atoms with Crippen LogP contribution < -0.4 is 0 Å². The summed E-state index contributed by atoms with van der Waals surface area (Å²) in [6.07, 6.45) is 0. The molecule has 1 unspecified atom stereocenters. The second-order valence-corrected chi connectivity index (χ2v) is 6.20. The first-order chi connectivity index (χ1) is 11.0. The Morgan fingerprint density at radius 3 is 2.78 bits per heavy atom. The number of aromatic nitrogens is 2. The van der Waals surface area contributed by atoms with Gasteiger partial charge in [-0.05, 0) is 31.5 Å². The van der Waals surface area contributed by atoms with E-state index in [1.807, 2.05) is 36.4 Å². The van der Waals surface area contributed by atoms with Crippen molar-refractivity contribution < 1.29 is 13.2 Å². The minimum absolute atomic E-state index is 0.194. The summed E-state index contributed by atoms with van der Waals surface area (Å²) in [7, 11) is 1.82. The molecule has 0 amide bonds. The van der Waals surface area contributed by atoms with E-state index in [9.17, 15) is 8.78 Å². The predicted molar refractivity (Wildman–Crippen MR) is 83.9 cm³/mol. The highest BCUT2D eigenvalue weighted by molar-refractivity contribution is 7.13. The van der Waals surface area contributed by atoms with Crippen LogP contribution in [-0.4, -0.2) is 22.1 Å². The molecule has 0 N–H and O–H groups in total. The molecule has 0 saturated heterocycles. The van der Waals surface area contributed by atoms with Crippen molar-refractivity contribution in [3.05, 3.63) is 58.8 Å². The highest BCUT2D eigenvalue weighted by Gasteiger charge is 2.20. The summed E-state index contributed by atoms with van der Waals surface area (Å²) < 4.78 is 32.4. The quantitative estimate of drug-likeness (QED) is 0.698. The van der Waals surface area contributed by atoms with Gasteiger partial charge in [-0.25, -0.2) is 8.78 Å². The Balaban J connectivity index is 1.73. The van der Waals surface area contributed by atoms with Crippen molar-refractivity contribution >= 4 is 11.3 Å². The molecule has 0 fully saturated rings. The van der Waals surface area contributed by atoms with Gasteiger partial charge in [-0.3, -0.25) is 4.90 Å². The fourth-order valence-electron chi connectivity index (χ4n) is 2.15. The summed E-state index contributed by atoms with van der Waals surface area (Å²) in [5.41, 5.74) is 0.416. The molecule has 23 heavy (non-hydrogen) atoms. The molecule has 120 valence electrons. The second kappa shape index (κ2) is 6.55. The maximum atomic E-state index is 13.7. The standard InChI is InChI=1S/C16H15F2N3OS/c1-10(15-19-20-16(22-15)14-4-3-7-23-14)21(2)9-11-5-6-12(17)8-13(11)18/h3-8,10H,9H2,1-2H3. The van der Waals surface area contributed by atoms with Crippen molar-refractivity contribution in [1.82, 2.24) is 15.1 Å². The van der Waals surface area contributed by atoms with Crippen molar-refractivity contribution in [3.63, 3.8) is 0 Å². The topological polar surface area (TPSA) is 42.2 Å². The monoisotopic (exact) mass is 335 g/mol. The average molecular weight is 335 g/mol. The molecule has 3 rings (SSSR count). The number of thiophene rings is 1. The van der Waals surface area contributed by atoms with Gasteiger partial charge in [0.15, 0.2) is 0 Å². The van der Waals surface area contributed by atoms with Crippen LogP contribution in [0.3, 0.4) is 0 Å². The van der Waals surface area contributed by atoms with Crippen LogP contribution >= 0.6 is 11.3 Å². The van der Waals surface area contributed by atoms with Crippen molar-refractivity contribution in [2.24, 2.45) is 0 Å². The Morgan fingerprint density at radius 1 is 1.26 bits per heavy atom. The lowest BCUT2D eigenvalue weighted by molar-refractivity contribution is 0.215. The first-order valence-electron chi connectivity index (χ1n) is 7.06. The van der Waals surface area contributed by atoms with Gasteiger partial charge in [-0.2, -0.15) is 0 Å². The van der Waals surface area contributed by atoms with Crippen LogP contribution in [0, 0.1) is 11.6 Å². The second-order valence-electron chi connectivity index (χ2n) is 5.25. The molecule has 2 aromatic heterocycles. The summed E-state index contributed by atoms with van der Waals surface area (Å²) in [5.74, 6) is -0.213. The van der Waals surface area contributed by atoms with E-state index >= 15 is 0 Å². The van der Waals surface area contributed by atoms with Crippen molar-refractivity contribution in [2.45, 2.75) is 19.5 Å². The van der Waals surface area contributed by atoms with Gasteiger partial charge in [0.1, 0.15) is 11.6 Å². The number of halogens is 2. The smallest absolute Gasteiger partial charge is 0.257 e. The van der Waals surface area contributed by atoms with Crippen molar-refractivity contribution in [2.75, 3.05) is 7.05 Å². The minimum Gasteiger partial charge on any atom is -0.418 e. The molecule has 0 bridgehead atoms. The van der Waals surface area contributed by atoms with Crippen LogP contribution in [0.5, 0.6) is 0 Å². The van der Waals surface area contributed by atoms with E-state index in [-0.39, 0.29) is 6.04 Å². The lowest BCUT2D eigenvalue weighted by Gasteiger charge is -2.21. The zero-order chi connectivity index (χ0) is 16.4. The van der Waals surface area contributed by atoms with Crippen LogP contribution in [0.2, 0.25) is 0 Å². The lowest BCUT2D eigenvalue weighted by Crippen LogP contribution is -2.22. The van der Waals surface area contributed by atoms with E-state index in [2.05, 4.69) is 10.2 Å². The number of rotatable bonds is 5. The third-order valence-electron chi connectivity index (χ3n) is 3.63. The average Bonchev–Trinajstić information content (AvgIpc) is 3.19. The highest BCUT2D eigenvalue weighted by atomic mass is 32.1. The van der Waals surface area contributed by atoms with Gasteiger partial charge in [0, 0.05) is 18.2 Å². The largest absolute Gasteiger partial charge is 0.418 e. The number of hydrogen-bond acceptors (Lipinski definition) is 5. The normalized spacial score (nSPS) is 12.7. The molecule has 7 heteroatoms. The third-order valence-corrected chi connectivity index (χ3v) is 4.48. The van der Waals surface area contributed by atoms with Gasteiger partial charge in [0.25, 0.3) is 5.89 Å². The molecule has 0 saturated carbocycles. The summed E-state index contributed by atoms with van der Waals surface area (Å²) in [4.78, 5) is 2.77. The fraction of sp³-hybridized carbons (Fsp3) is 0.250. The Labute approximate surface area is 136 Å². The zero-order valence-electron chi connectivity index (χ0n) is 12.7. The molecule has 2 heterocycles. The van der Waals surface area contributed by atoms with Crippen LogP contribution in [0.25, 0.3) is 10.8 Å². The Kier molecular flexibility index (Phi) is 4.49. The molecule has 0 aliphatic rings. The molecule has 1 aromatic carbocycles. The lowest BCUT2D eigenvalue weighted by atomic mass is 10.1. The van der Waals surface area contributed by atoms with Crippen LogP contribution in [0.1, 0.15) is 24.4 Å². The first kappa shape index (κ1) is 15.8. The van der Waals surface area contributed by atoms with E-state index in [0.717, 1.165) is 10.9 Å². The molecule has 0 spiro atoms. The number of benzene rings is 1. The van der Waals surface area contributed by atoms with E-state index < -0.39 is 11.6 Å². The first-order valence-corrected chi connectivity index (χ1v) is 7.94. The van der Waals surface area contributed by atoms with Crippen LogP contribution in [0.15, 0.2) is 40.1 Å². The van der Waals surface area contributed by atoms with E-state index in [4.69, 9.17) is 4.42 Å². The van der Waals surface area contributed by atoms with Gasteiger partial charge in [0.2, 0.25) is 5.89 Å². The molecule has 0 aliphatic heterocycles. The molecular weight excluding hydrogens is 320 g/mol. The Hall–Kier alpha value is -2.12. The van der Waals surface area contributed by atoms with Gasteiger partial charge in [-0.15, -0.1) is 21.5 Å². The maximum absolute atomic E-state index is 13.7. The van der Waals surface area contributed by atoms with Gasteiger partial charge < -0.3 is 4.42 Å². The van der Waals surface area contributed by atoms with Crippen molar-refractivity contribution in [1.29, 1.82) is 0 Å². The molecule has 0 aliphatic carbocycles. The Bertz CT molecular complexity index is 788. The van der Waals surface area contributed by atoms with Crippen molar-refractivity contribution in [3.8, 4) is 10.8 Å². The third kappa shape index (κ3) is 3.46. The van der Waals surface area contributed by atoms with E-state index in [0.29, 0.717) is 23.9 Å². The molecule has 4 nitrogen and oxygen atoms in total. The summed E-state index contributed by atoms with van der Waals surface area (Å²) >= 11 is 1.52. The van der Waals surface area contributed by atoms with Crippen LogP contribution in [-0.2, 0) is 6.54 Å². The fourth-order valence-corrected chi connectivity index (χ4v) is 2.79. The Morgan fingerprint density at radius 2 is 2.09 bits per heavy atom. The highest BCUT2D eigenvalue weighted by Crippen LogP contribution is 2.27. The molecule has 3 aromatic rings. The molecule has 0 radical (unpaired) electrons. The van der Waals surface area contributed by atoms with E-state index in [1.54, 1.807) is 0 Å². The van der Waals surface area contributed by atoms with Gasteiger partial charge in [-0.1, -0.05) is 12.1 Å². The predicted octanol–water partition coefficient (Wildman–Crippen LogP) is 4.27.